The number of hydrogen-bond donors (Lipinski definition) is 2. The number of aromatic carboxylic acids is 1. The molecular weight excluding hydrogens is 588 g/mol. The van der Waals surface area contributed by atoms with E-state index in [4.69, 9.17) is 18.9 Å². The number of urea groups is 1. The third kappa shape index (κ3) is 5.34. The van der Waals surface area contributed by atoms with Gasteiger partial charge in [0.25, 0.3) is 11.8 Å². The zero-order valence-corrected chi connectivity index (χ0v) is 22.5. The maximum absolute atomic E-state index is 13.3. The normalized spacial score (nSPS) is 15.3. The highest BCUT2D eigenvalue weighted by atomic mass is 79.9. The molecule has 0 atom stereocenters. The number of carbonyl (C=O) groups excluding carboxylic acids is 3. The molecule has 12 heteroatoms. The average molecular weight is 609 g/mol. The summed E-state index contributed by atoms with van der Waals surface area (Å²) in [4.78, 5) is 50.7. The molecule has 11 nitrogen and oxygen atoms in total. The Kier molecular flexibility index (Phi) is 7.43. The predicted molar refractivity (Wildman–Crippen MR) is 145 cm³/mol. The van der Waals surface area contributed by atoms with Gasteiger partial charge in [-0.2, -0.15) is 0 Å². The zero-order chi connectivity index (χ0) is 28.4. The van der Waals surface area contributed by atoms with Crippen LogP contribution in [-0.4, -0.2) is 42.3 Å². The molecule has 0 saturated carbocycles. The zero-order valence-electron chi connectivity index (χ0n) is 20.9. The first-order valence-corrected chi connectivity index (χ1v) is 12.8. The lowest BCUT2D eigenvalue weighted by Gasteiger charge is -2.26. The van der Waals surface area contributed by atoms with Crippen molar-refractivity contribution in [2.45, 2.75) is 13.5 Å². The second-order valence-corrected chi connectivity index (χ2v) is 9.41. The van der Waals surface area contributed by atoms with E-state index in [1.807, 2.05) is 0 Å². The second kappa shape index (κ2) is 11.1. The number of imide groups is 2. The van der Waals surface area contributed by atoms with E-state index in [2.05, 4.69) is 21.2 Å². The molecule has 4 amide bonds. The number of fused-ring (bicyclic) bond motifs is 1. The molecule has 2 aliphatic rings. The summed E-state index contributed by atoms with van der Waals surface area (Å²) in [6.45, 7) is 2.16. The van der Waals surface area contributed by atoms with Gasteiger partial charge in [0.15, 0.2) is 23.0 Å². The van der Waals surface area contributed by atoms with Gasteiger partial charge in [-0.25, -0.2) is 14.5 Å². The van der Waals surface area contributed by atoms with Crippen molar-refractivity contribution in [1.82, 2.24) is 5.32 Å². The van der Waals surface area contributed by atoms with Gasteiger partial charge in [-0.3, -0.25) is 14.9 Å². The largest absolute Gasteiger partial charge is 0.490 e. The third-order valence-corrected chi connectivity index (χ3v) is 6.50. The van der Waals surface area contributed by atoms with Gasteiger partial charge >= 0.3 is 12.0 Å². The molecule has 2 heterocycles. The summed E-state index contributed by atoms with van der Waals surface area (Å²) in [6, 6.07) is 13.2. The molecule has 0 spiro atoms. The predicted octanol–water partition coefficient (Wildman–Crippen LogP) is 4.52. The van der Waals surface area contributed by atoms with Gasteiger partial charge in [0, 0.05) is 6.07 Å². The van der Waals surface area contributed by atoms with Crippen LogP contribution >= 0.6 is 15.9 Å². The highest BCUT2D eigenvalue weighted by Gasteiger charge is 2.37. The molecule has 3 aromatic rings. The number of carbonyl (C=O) groups is 4. The van der Waals surface area contributed by atoms with Crippen LogP contribution in [0.4, 0.5) is 10.5 Å². The summed E-state index contributed by atoms with van der Waals surface area (Å²) in [5, 5.41) is 11.4. The summed E-state index contributed by atoms with van der Waals surface area (Å²) >= 11 is 3.46. The number of anilines is 1. The van der Waals surface area contributed by atoms with E-state index < -0.39 is 23.8 Å². The van der Waals surface area contributed by atoms with Gasteiger partial charge < -0.3 is 24.1 Å². The highest BCUT2D eigenvalue weighted by molar-refractivity contribution is 9.10. The van der Waals surface area contributed by atoms with Gasteiger partial charge in [0.2, 0.25) is 6.79 Å². The van der Waals surface area contributed by atoms with Crippen LogP contribution in [0.1, 0.15) is 28.4 Å². The van der Waals surface area contributed by atoms with E-state index in [-0.39, 0.29) is 30.2 Å². The van der Waals surface area contributed by atoms with Crippen molar-refractivity contribution < 1.29 is 43.2 Å². The lowest BCUT2D eigenvalue weighted by atomic mass is 10.1. The minimum absolute atomic E-state index is 0.0219. The van der Waals surface area contributed by atoms with Crippen LogP contribution < -0.4 is 29.2 Å². The van der Waals surface area contributed by atoms with Crippen LogP contribution in [0.3, 0.4) is 0 Å². The van der Waals surface area contributed by atoms with E-state index in [0.29, 0.717) is 45.2 Å². The molecule has 0 aliphatic carbocycles. The van der Waals surface area contributed by atoms with Crippen LogP contribution in [0.2, 0.25) is 0 Å². The van der Waals surface area contributed by atoms with Crippen LogP contribution in [-0.2, 0) is 16.2 Å². The van der Waals surface area contributed by atoms with Gasteiger partial charge in [0.1, 0.15) is 12.2 Å². The highest BCUT2D eigenvalue weighted by Crippen LogP contribution is 2.39. The average Bonchev–Trinajstić information content (AvgIpc) is 3.39. The Bertz CT molecular complexity index is 1580. The van der Waals surface area contributed by atoms with Crippen LogP contribution in [0.15, 0.2) is 64.6 Å². The van der Waals surface area contributed by atoms with Crippen molar-refractivity contribution in [3.05, 3.63) is 81.3 Å². The smallest absolute Gasteiger partial charge is 0.335 e. The lowest BCUT2D eigenvalue weighted by molar-refractivity contribution is -0.122. The number of halogens is 1. The number of nitrogens with zero attached hydrogens (tertiary/aromatic N) is 1. The molecule has 0 radical (unpaired) electrons. The van der Waals surface area contributed by atoms with Crippen LogP contribution in [0.25, 0.3) is 6.08 Å². The number of ether oxygens (including phenoxy) is 4. The second-order valence-electron chi connectivity index (χ2n) is 8.55. The minimum atomic E-state index is -1.05. The molecule has 1 saturated heterocycles. The number of amides is 4. The maximum Gasteiger partial charge on any atom is 0.335 e. The fourth-order valence-electron chi connectivity index (χ4n) is 4.11. The Balaban J connectivity index is 1.44. The summed E-state index contributed by atoms with van der Waals surface area (Å²) in [5.41, 5.74) is 1.13. The van der Waals surface area contributed by atoms with E-state index in [1.165, 1.54) is 30.3 Å². The molecule has 5 rings (SSSR count). The first-order valence-electron chi connectivity index (χ1n) is 12.0. The number of carboxylic acids is 1. The SMILES string of the molecule is CCOc1cc(/C=C2\C(=O)NC(=O)N(c3ccc4c(c3)OCO4)C2=O)cc(Br)c1OCc1cccc(C(=O)O)c1. The summed E-state index contributed by atoms with van der Waals surface area (Å²) in [5.74, 6) is -1.19. The lowest BCUT2D eigenvalue weighted by Crippen LogP contribution is -2.54. The first kappa shape index (κ1) is 26.8. The van der Waals surface area contributed by atoms with Crippen molar-refractivity contribution in [2.24, 2.45) is 0 Å². The van der Waals surface area contributed by atoms with E-state index in [9.17, 15) is 24.3 Å². The van der Waals surface area contributed by atoms with Crippen molar-refractivity contribution in [1.29, 1.82) is 0 Å². The summed E-state index contributed by atoms with van der Waals surface area (Å²) < 4.78 is 22.8. The molecule has 2 N–H and O–H groups in total. The maximum atomic E-state index is 13.3. The van der Waals surface area contributed by atoms with Crippen molar-refractivity contribution in [2.75, 3.05) is 18.3 Å². The molecule has 0 aromatic heterocycles. The molecule has 0 bridgehead atoms. The monoisotopic (exact) mass is 608 g/mol. The van der Waals surface area contributed by atoms with Gasteiger partial charge in [0.05, 0.1) is 22.3 Å². The topological polar surface area (TPSA) is 141 Å². The molecule has 1 fully saturated rings. The number of rotatable bonds is 8. The molecule has 40 heavy (non-hydrogen) atoms. The van der Waals surface area contributed by atoms with E-state index >= 15 is 0 Å². The first-order chi connectivity index (χ1) is 19.2. The molecule has 204 valence electrons. The Hall–Kier alpha value is -4.84. The Labute approximate surface area is 236 Å². The van der Waals surface area contributed by atoms with E-state index in [0.717, 1.165) is 4.90 Å². The Morgan fingerprint density at radius 2 is 1.88 bits per heavy atom. The number of hydrogen-bond acceptors (Lipinski definition) is 8. The standard InChI is InChI=1S/C28H21BrN2O9/c1-2-37-23-11-16(10-20(29)24(23)38-13-15-4-3-5-17(8-15)27(34)35)9-19-25(32)30-28(36)31(26(19)33)18-6-7-21-22(12-18)40-14-39-21/h3-12H,2,13-14H2,1H3,(H,34,35)(H,30,32,36)/b19-9+. The van der Waals surface area contributed by atoms with Crippen molar-refractivity contribution >= 4 is 51.5 Å². The number of barbiturate groups is 1. The van der Waals surface area contributed by atoms with Crippen LogP contribution in [0.5, 0.6) is 23.0 Å². The summed E-state index contributed by atoms with van der Waals surface area (Å²) in [6.07, 6.45) is 1.34. The number of carboxylic acid groups (broad SMARTS) is 1. The quantitative estimate of drug-likeness (QED) is 0.279. The Morgan fingerprint density at radius 1 is 1.07 bits per heavy atom. The van der Waals surface area contributed by atoms with Gasteiger partial charge in [-0.05, 0) is 76.5 Å². The molecule has 3 aromatic carbocycles. The number of nitrogens with one attached hydrogen (secondary N) is 1. The van der Waals surface area contributed by atoms with Gasteiger partial charge in [-0.15, -0.1) is 0 Å². The molecule has 2 aliphatic heterocycles. The minimum Gasteiger partial charge on any atom is -0.490 e. The van der Waals surface area contributed by atoms with Crippen molar-refractivity contribution in [3.63, 3.8) is 0 Å². The fourth-order valence-corrected chi connectivity index (χ4v) is 4.68. The number of benzene rings is 3. The molecule has 0 unspecified atom stereocenters. The third-order valence-electron chi connectivity index (χ3n) is 5.92. The van der Waals surface area contributed by atoms with Gasteiger partial charge in [-0.1, -0.05) is 12.1 Å². The van der Waals surface area contributed by atoms with Crippen LogP contribution in [0, 0.1) is 0 Å². The Morgan fingerprint density at radius 3 is 2.65 bits per heavy atom. The van der Waals surface area contributed by atoms with E-state index in [1.54, 1.807) is 37.3 Å². The molecular formula is C28H21BrN2O9. The fraction of sp³-hybridized carbons (Fsp3) is 0.143. The summed E-state index contributed by atoms with van der Waals surface area (Å²) in [7, 11) is 0. The van der Waals surface area contributed by atoms with Crippen molar-refractivity contribution in [3.8, 4) is 23.0 Å².